The summed E-state index contributed by atoms with van der Waals surface area (Å²) in [6, 6.07) is 0. The highest BCUT2D eigenvalue weighted by Crippen LogP contribution is 2.43. The van der Waals surface area contributed by atoms with Crippen LogP contribution in [0.15, 0.2) is 97.2 Å². The average molecular weight is 1170 g/mol. The first-order chi connectivity index (χ1) is 40.2. The lowest BCUT2D eigenvalue weighted by molar-refractivity contribution is -0.161. The predicted octanol–water partition coefficient (Wildman–Crippen LogP) is 20.4. The lowest BCUT2D eigenvalue weighted by Crippen LogP contribution is -2.30. The maximum absolute atomic E-state index is 13.0. The number of unbranched alkanes of at least 4 members (excludes halogenated alkanes) is 28. The van der Waals surface area contributed by atoms with Gasteiger partial charge in [-0.3, -0.25) is 23.4 Å². The van der Waals surface area contributed by atoms with E-state index in [-0.39, 0.29) is 25.9 Å². The molecule has 12 heteroatoms. The highest BCUT2D eigenvalue weighted by atomic mass is 31.2. The molecule has 0 aliphatic rings. The Labute approximate surface area is 502 Å². The van der Waals surface area contributed by atoms with Crippen LogP contribution in [-0.4, -0.2) is 66.5 Å². The lowest BCUT2D eigenvalue weighted by Gasteiger charge is -2.21. The minimum atomic E-state index is -4.77. The zero-order valence-electron chi connectivity index (χ0n) is 52.4. The standard InChI is InChI=1S/C70H121O11P/c1-4-7-10-13-16-19-22-25-28-31-33-36-38-41-44-47-50-53-56-59-68(72)77-63-67(81-70(74)61-58-55-52-49-46-43-40-37-34-32-29-26-23-20-17-14-11-8-5-2)65-79-82(75,76)78-64-66(62-71)80-69(73)60-57-54-51-48-45-42-39-35-30-27-24-21-18-15-12-9-6-3/h9,12,16,18-19,21,25-30,33,36,39,42,66-67,71H,4-8,10-11,13-15,17,20,22-24,31-32,34-35,37-38,40-41,43-65H2,1-3H3,(H,75,76)/b12-9-,19-16-,21-18-,28-25-,29-26-,30-27-,36-33-,42-39-. The molecule has 0 rings (SSSR count). The molecule has 0 bridgehead atoms. The normalized spacial score (nSPS) is 13.9. The van der Waals surface area contributed by atoms with Crippen molar-refractivity contribution >= 4 is 25.7 Å². The molecule has 11 nitrogen and oxygen atoms in total. The number of phosphoric acid groups is 1. The Balaban J connectivity index is 4.75. The second kappa shape index (κ2) is 63.4. The number of allylic oxidation sites excluding steroid dienone is 16. The predicted molar refractivity (Wildman–Crippen MR) is 344 cm³/mol. The molecule has 0 saturated carbocycles. The van der Waals surface area contributed by atoms with Gasteiger partial charge in [-0.25, -0.2) is 4.57 Å². The van der Waals surface area contributed by atoms with Gasteiger partial charge >= 0.3 is 25.7 Å². The molecule has 0 fully saturated rings. The van der Waals surface area contributed by atoms with Gasteiger partial charge in [0.25, 0.3) is 0 Å². The van der Waals surface area contributed by atoms with Gasteiger partial charge in [0.1, 0.15) is 12.7 Å². The van der Waals surface area contributed by atoms with Gasteiger partial charge in [-0.2, -0.15) is 0 Å². The third kappa shape index (κ3) is 61.0. The Morgan fingerprint density at radius 3 is 1.01 bits per heavy atom. The molecule has 0 saturated heterocycles. The Bertz CT molecular complexity index is 1750. The van der Waals surface area contributed by atoms with Crippen molar-refractivity contribution in [3.05, 3.63) is 97.2 Å². The zero-order chi connectivity index (χ0) is 59.8. The highest BCUT2D eigenvalue weighted by molar-refractivity contribution is 7.47. The van der Waals surface area contributed by atoms with Gasteiger partial charge in [-0.1, -0.05) is 246 Å². The molecular weight excluding hydrogens is 1050 g/mol. The van der Waals surface area contributed by atoms with Crippen molar-refractivity contribution < 1.29 is 52.2 Å². The lowest BCUT2D eigenvalue weighted by atomic mass is 10.1. The quantitative estimate of drug-likeness (QED) is 0.0197. The third-order valence-corrected chi connectivity index (χ3v) is 14.9. The van der Waals surface area contributed by atoms with Crippen molar-refractivity contribution in [1.82, 2.24) is 0 Å². The van der Waals surface area contributed by atoms with Crippen molar-refractivity contribution in [1.29, 1.82) is 0 Å². The van der Waals surface area contributed by atoms with E-state index in [1.165, 1.54) is 109 Å². The molecule has 0 radical (unpaired) electrons. The summed E-state index contributed by atoms with van der Waals surface area (Å²) in [5.74, 6) is -1.50. The summed E-state index contributed by atoms with van der Waals surface area (Å²) in [4.78, 5) is 48.8. The van der Waals surface area contributed by atoms with Gasteiger partial charge in [0, 0.05) is 19.3 Å². The van der Waals surface area contributed by atoms with Crippen LogP contribution in [0.1, 0.15) is 290 Å². The van der Waals surface area contributed by atoms with Gasteiger partial charge in [0.05, 0.1) is 19.8 Å². The molecule has 0 amide bonds. The van der Waals surface area contributed by atoms with E-state index >= 15 is 0 Å². The van der Waals surface area contributed by atoms with Gasteiger partial charge in [-0.05, 0) is 122 Å². The maximum atomic E-state index is 13.0. The molecule has 82 heavy (non-hydrogen) atoms. The number of carbonyl (C=O) groups excluding carboxylic acids is 3. The van der Waals surface area contributed by atoms with Crippen molar-refractivity contribution in [2.24, 2.45) is 0 Å². The van der Waals surface area contributed by atoms with Crippen molar-refractivity contribution in [3.8, 4) is 0 Å². The third-order valence-electron chi connectivity index (χ3n) is 14.0. The number of hydrogen-bond acceptors (Lipinski definition) is 10. The smallest absolute Gasteiger partial charge is 0.462 e. The molecular formula is C70H121O11P. The van der Waals surface area contributed by atoms with E-state index in [4.69, 9.17) is 23.3 Å². The molecule has 0 spiro atoms. The van der Waals surface area contributed by atoms with E-state index in [1.54, 1.807) is 0 Å². The summed E-state index contributed by atoms with van der Waals surface area (Å²) < 4.78 is 39.7. The molecule has 0 aromatic heterocycles. The number of hydrogen-bond donors (Lipinski definition) is 2. The Morgan fingerprint density at radius 1 is 0.354 bits per heavy atom. The van der Waals surface area contributed by atoms with Crippen LogP contribution in [0.2, 0.25) is 0 Å². The van der Waals surface area contributed by atoms with E-state index < -0.39 is 57.8 Å². The Hall–Kier alpha value is -3.60. The number of ether oxygens (including phenoxy) is 3. The van der Waals surface area contributed by atoms with Gasteiger partial charge in [0.2, 0.25) is 0 Å². The summed E-state index contributed by atoms with van der Waals surface area (Å²) in [5.41, 5.74) is 0. The summed E-state index contributed by atoms with van der Waals surface area (Å²) in [5, 5.41) is 9.86. The van der Waals surface area contributed by atoms with Gasteiger partial charge in [0.15, 0.2) is 6.10 Å². The van der Waals surface area contributed by atoms with E-state index in [2.05, 4.69) is 118 Å². The first-order valence-electron chi connectivity index (χ1n) is 33.1. The maximum Gasteiger partial charge on any atom is 0.472 e. The number of aliphatic hydroxyl groups excluding tert-OH is 1. The average Bonchev–Trinajstić information content (AvgIpc) is 3.49. The molecule has 0 aromatic carbocycles. The topological polar surface area (TPSA) is 155 Å². The summed E-state index contributed by atoms with van der Waals surface area (Å²) in [6.07, 6.45) is 76.4. The van der Waals surface area contributed by atoms with Gasteiger partial charge in [-0.15, -0.1) is 0 Å². The van der Waals surface area contributed by atoms with E-state index in [0.29, 0.717) is 19.3 Å². The largest absolute Gasteiger partial charge is 0.472 e. The molecule has 472 valence electrons. The van der Waals surface area contributed by atoms with E-state index in [1.807, 2.05) is 0 Å². The molecule has 3 unspecified atom stereocenters. The minimum absolute atomic E-state index is 0.145. The van der Waals surface area contributed by atoms with Crippen LogP contribution in [-0.2, 0) is 42.2 Å². The fourth-order valence-corrected chi connectivity index (χ4v) is 9.72. The highest BCUT2D eigenvalue weighted by Gasteiger charge is 2.28. The van der Waals surface area contributed by atoms with Crippen LogP contribution < -0.4 is 0 Å². The molecule has 0 aliphatic carbocycles. The summed E-state index contributed by atoms with van der Waals surface area (Å²) in [6.45, 7) is 4.49. The molecule has 0 aliphatic heterocycles. The van der Waals surface area contributed by atoms with Crippen LogP contribution >= 0.6 is 7.82 Å². The monoisotopic (exact) mass is 1170 g/mol. The number of aliphatic hydroxyl groups is 1. The SMILES string of the molecule is CC/C=C\C/C=C\C/C=C\C/C=C\CCCCCCC(=O)OC(CO)COP(=O)(O)OCC(COC(=O)CCCCCCCC/C=C\C/C=C\C/C=C\CCCCC)OC(=O)CCCCCCCCCCC/C=C\CCCCCCCC. The summed E-state index contributed by atoms with van der Waals surface area (Å²) >= 11 is 0. The van der Waals surface area contributed by atoms with Crippen LogP contribution in [0.4, 0.5) is 0 Å². The van der Waals surface area contributed by atoms with Gasteiger partial charge < -0.3 is 24.2 Å². The van der Waals surface area contributed by atoms with E-state index in [0.717, 1.165) is 122 Å². The zero-order valence-corrected chi connectivity index (χ0v) is 53.3. The fraction of sp³-hybridized carbons (Fsp3) is 0.729. The first kappa shape index (κ1) is 78.4. The van der Waals surface area contributed by atoms with Crippen LogP contribution in [0, 0.1) is 0 Å². The molecule has 0 heterocycles. The number of carbonyl (C=O) groups is 3. The van der Waals surface area contributed by atoms with Crippen LogP contribution in [0.25, 0.3) is 0 Å². The molecule has 2 N–H and O–H groups in total. The van der Waals surface area contributed by atoms with Crippen molar-refractivity contribution in [2.45, 2.75) is 303 Å². The first-order valence-corrected chi connectivity index (χ1v) is 34.6. The van der Waals surface area contributed by atoms with Crippen LogP contribution in [0.5, 0.6) is 0 Å². The van der Waals surface area contributed by atoms with Crippen LogP contribution in [0.3, 0.4) is 0 Å². The molecule has 3 atom stereocenters. The van der Waals surface area contributed by atoms with E-state index in [9.17, 15) is 28.9 Å². The Morgan fingerprint density at radius 2 is 0.634 bits per heavy atom. The number of rotatable bonds is 61. The number of esters is 3. The second-order valence-electron chi connectivity index (χ2n) is 21.9. The fourth-order valence-electron chi connectivity index (χ4n) is 8.94. The Kier molecular flexibility index (Phi) is 60.6. The van der Waals surface area contributed by atoms with Crippen molar-refractivity contribution in [2.75, 3.05) is 26.4 Å². The number of phosphoric ester groups is 1. The van der Waals surface area contributed by atoms with Crippen molar-refractivity contribution in [3.63, 3.8) is 0 Å². The second-order valence-corrected chi connectivity index (χ2v) is 23.3. The summed E-state index contributed by atoms with van der Waals surface area (Å²) in [7, 11) is -4.77. The minimum Gasteiger partial charge on any atom is -0.462 e. The molecule has 0 aromatic rings.